The van der Waals surface area contributed by atoms with Crippen molar-refractivity contribution in [2.75, 3.05) is 6.54 Å². The van der Waals surface area contributed by atoms with Crippen LogP contribution in [0.1, 0.15) is 30.1 Å². The molecule has 2 aromatic carbocycles. The summed E-state index contributed by atoms with van der Waals surface area (Å²) in [5.74, 6) is 0. The van der Waals surface area contributed by atoms with Gasteiger partial charge in [0, 0.05) is 23.1 Å². The first-order valence-corrected chi connectivity index (χ1v) is 7.75. The minimum absolute atomic E-state index is 0.0961. The third-order valence-electron chi connectivity index (χ3n) is 3.33. The smallest absolute Gasteiger partial charge is 0.0548 e. The fraction of sp³-hybridized carbons (Fsp3) is 0.250. The van der Waals surface area contributed by atoms with Crippen molar-refractivity contribution in [3.63, 3.8) is 0 Å². The van der Waals surface area contributed by atoms with E-state index in [1.807, 2.05) is 36.4 Å². The van der Waals surface area contributed by atoms with Crippen LogP contribution in [0.25, 0.3) is 0 Å². The summed E-state index contributed by atoms with van der Waals surface area (Å²) in [5, 5.41) is 4.27. The van der Waals surface area contributed by atoms with Crippen LogP contribution in [-0.2, 0) is 0 Å². The maximum absolute atomic E-state index is 6.03. The molecule has 2 atom stereocenters. The van der Waals surface area contributed by atoms with E-state index in [0.717, 1.165) is 10.0 Å². The molecule has 0 heterocycles. The van der Waals surface area contributed by atoms with Crippen molar-refractivity contribution in [2.24, 2.45) is 5.73 Å². The van der Waals surface area contributed by atoms with Gasteiger partial charge in [0.2, 0.25) is 0 Å². The van der Waals surface area contributed by atoms with Crippen molar-refractivity contribution in [1.29, 1.82) is 0 Å². The number of hydrogen-bond donors (Lipinski definition) is 2. The Kier molecular flexibility index (Phi) is 5.61. The molecule has 0 fully saturated rings. The molecule has 0 amide bonds. The van der Waals surface area contributed by atoms with E-state index in [4.69, 9.17) is 17.3 Å². The first-order chi connectivity index (χ1) is 9.61. The number of benzene rings is 2. The second kappa shape index (κ2) is 7.23. The van der Waals surface area contributed by atoms with Crippen LogP contribution in [0.15, 0.2) is 53.0 Å². The highest BCUT2D eigenvalue weighted by Gasteiger charge is 2.14. The lowest BCUT2D eigenvalue weighted by molar-refractivity contribution is 0.473. The van der Waals surface area contributed by atoms with Gasteiger partial charge in [-0.25, -0.2) is 0 Å². The van der Waals surface area contributed by atoms with Crippen molar-refractivity contribution in [3.05, 3.63) is 69.2 Å². The Hall–Kier alpha value is -0.870. The SMILES string of the molecule is CC(NC(CN)c1ccc(Cl)c(Br)c1)c1ccccc1. The Morgan fingerprint density at radius 3 is 2.45 bits per heavy atom. The van der Waals surface area contributed by atoms with Crippen LogP contribution in [0.4, 0.5) is 0 Å². The van der Waals surface area contributed by atoms with Crippen LogP contribution in [0.2, 0.25) is 5.02 Å². The van der Waals surface area contributed by atoms with Crippen LogP contribution in [0.5, 0.6) is 0 Å². The molecule has 0 radical (unpaired) electrons. The zero-order valence-electron chi connectivity index (χ0n) is 11.3. The monoisotopic (exact) mass is 352 g/mol. The molecule has 0 aliphatic heterocycles. The summed E-state index contributed by atoms with van der Waals surface area (Å²) in [6.45, 7) is 2.67. The molecule has 0 aliphatic carbocycles. The largest absolute Gasteiger partial charge is 0.329 e. The van der Waals surface area contributed by atoms with E-state index >= 15 is 0 Å². The number of nitrogens with two attached hydrogens (primary N) is 1. The third-order valence-corrected chi connectivity index (χ3v) is 4.55. The van der Waals surface area contributed by atoms with Gasteiger partial charge in [-0.15, -0.1) is 0 Å². The average Bonchev–Trinajstić information content (AvgIpc) is 2.48. The number of nitrogens with one attached hydrogen (secondary N) is 1. The zero-order chi connectivity index (χ0) is 14.5. The summed E-state index contributed by atoms with van der Waals surface area (Å²) in [4.78, 5) is 0. The van der Waals surface area contributed by atoms with Crippen molar-refractivity contribution in [2.45, 2.75) is 19.0 Å². The van der Waals surface area contributed by atoms with Gasteiger partial charge in [0.05, 0.1) is 5.02 Å². The van der Waals surface area contributed by atoms with Gasteiger partial charge in [0.25, 0.3) is 0 Å². The molecule has 20 heavy (non-hydrogen) atoms. The Balaban J connectivity index is 2.14. The predicted molar refractivity (Wildman–Crippen MR) is 88.9 cm³/mol. The van der Waals surface area contributed by atoms with E-state index in [0.29, 0.717) is 11.6 Å². The molecule has 106 valence electrons. The van der Waals surface area contributed by atoms with Gasteiger partial charge in [-0.1, -0.05) is 48.0 Å². The Labute approximate surface area is 133 Å². The summed E-state index contributed by atoms with van der Waals surface area (Å²) >= 11 is 9.49. The van der Waals surface area contributed by atoms with E-state index in [2.05, 4.69) is 40.3 Å². The first kappa shape index (κ1) is 15.5. The molecule has 2 unspecified atom stereocenters. The standard InChI is InChI=1S/C16H18BrClN2/c1-11(12-5-3-2-4-6-12)20-16(10-19)13-7-8-15(18)14(17)9-13/h2-9,11,16,20H,10,19H2,1H3. The minimum Gasteiger partial charge on any atom is -0.329 e. The Bertz CT molecular complexity index is 560. The second-order valence-electron chi connectivity index (χ2n) is 4.76. The quantitative estimate of drug-likeness (QED) is 0.833. The predicted octanol–water partition coefficient (Wildman–Crippen LogP) is 4.45. The topological polar surface area (TPSA) is 38.0 Å². The molecule has 2 aromatic rings. The van der Waals surface area contributed by atoms with Crippen molar-refractivity contribution >= 4 is 27.5 Å². The molecule has 4 heteroatoms. The van der Waals surface area contributed by atoms with E-state index in [-0.39, 0.29) is 12.1 Å². The average molecular weight is 354 g/mol. The molecule has 0 aliphatic rings. The zero-order valence-corrected chi connectivity index (χ0v) is 13.7. The molecule has 0 bridgehead atoms. The molecule has 0 saturated carbocycles. The van der Waals surface area contributed by atoms with Crippen LogP contribution >= 0.6 is 27.5 Å². The van der Waals surface area contributed by atoms with E-state index in [9.17, 15) is 0 Å². The number of rotatable bonds is 5. The van der Waals surface area contributed by atoms with Crippen LogP contribution < -0.4 is 11.1 Å². The highest BCUT2D eigenvalue weighted by molar-refractivity contribution is 9.10. The lowest BCUT2D eigenvalue weighted by Crippen LogP contribution is -2.30. The molecule has 2 nitrogen and oxygen atoms in total. The van der Waals surface area contributed by atoms with Crippen LogP contribution in [-0.4, -0.2) is 6.54 Å². The fourth-order valence-electron chi connectivity index (χ4n) is 2.17. The van der Waals surface area contributed by atoms with E-state index < -0.39 is 0 Å². The maximum atomic E-state index is 6.03. The lowest BCUT2D eigenvalue weighted by atomic mass is 10.0. The van der Waals surface area contributed by atoms with E-state index in [1.54, 1.807) is 0 Å². The van der Waals surface area contributed by atoms with Crippen LogP contribution in [0, 0.1) is 0 Å². The van der Waals surface area contributed by atoms with Gasteiger partial charge >= 0.3 is 0 Å². The molecule has 2 rings (SSSR count). The summed E-state index contributed by atoms with van der Waals surface area (Å²) < 4.78 is 0.893. The summed E-state index contributed by atoms with van der Waals surface area (Å²) in [7, 11) is 0. The van der Waals surface area contributed by atoms with Crippen LogP contribution in [0.3, 0.4) is 0 Å². The van der Waals surface area contributed by atoms with Crippen molar-refractivity contribution in [3.8, 4) is 0 Å². The number of hydrogen-bond acceptors (Lipinski definition) is 2. The molecule has 3 N–H and O–H groups in total. The Morgan fingerprint density at radius 1 is 1.15 bits per heavy atom. The van der Waals surface area contributed by atoms with Gasteiger partial charge in [-0.2, -0.15) is 0 Å². The van der Waals surface area contributed by atoms with Gasteiger partial charge < -0.3 is 11.1 Å². The molecular formula is C16H18BrClN2. The normalized spacial score (nSPS) is 14.0. The second-order valence-corrected chi connectivity index (χ2v) is 6.02. The lowest BCUT2D eigenvalue weighted by Gasteiger charge is -2.23. The molecular weight excluding hydrogens is 336 g/mol. The first-order valence-electron chi connectivity index (χ1n) is 6.58. The van der Waals surface area contributed by atoms with Gasteiger partial charge in [-0.05, 0) is 46.1 Å². The summed E-state index contributed by atoms with van der Waals surface area (Å²) in [6.07, 6.45) is 0. The maximum Gasteiger partial charge on any atom is 0.0548 e. The van der Waals surface area contributed by atoms with E-state index in [1.165, 1.54) is 5.56 Å². The molecule has 0 spiro atoms. The molecule has 0 aromatic heterocycles. The van der Waals surface area contributed by atoms with Gasteiger partial charge in [-0.3, -0.25) is 0 Å². The van der Waals surface area contributed by atoms with Crippen molar-refractivity contribution in [1.82, 2.24) is 5.32 Å². The molecule has 0 saturated heterocycles. The van der Waals surface area contributed by atoms with Gasteiger partial charge in [0.1, 0.15) is 0 Å². The third kappa shape index (κ3) is 3.83. The summed E-state index contributed by atoms with van der Waals surface area (Å²) in [5.41, 5.74) is 8.29. The highest BCUT2D eigenvalue weighted by Crippen LogP contribution is 2.27. The minimum atomic E-state index is 0.0961. The summed E-state index contributed by atoms with van der Waals surface area (Å²) in [6, 6.07) is 16.6. The number of halogens is 2. The van der Waals surface area contributed by atoms with Gasteiger partial charge in [0.15, 0.2) is 0 Å². The Morgan fingerprint density at radius 2 is 1.85 bits per heavy atom. The highest BCUT2D eigenvalue weighted by atomic mass is 79.9. The fourth-order valence-corrected chi connectivity index (χ4v) is 2.68. The van der Waals surface area contributed by atoms with Crippen molar-refractivity contribution < 1.29 is 0 Å².